The number of anilines is 1. The summed E-state index contributed by atoms with van der Waals surface area (Å²) in [6.45, 7) is 4.48. The van der Waals surface area contributed by atoms with E-state index in [1.807, 2.05) is 16.9 Å². The zero-order valence-corrected chi connectivity index (χ0v) is 17.2. The fraction of sp³-hybridized carbons (Fsp3) is 0.714. The van der Waals surface area contributed by atoms with E-state index in [1.165, 1.54) is 69.1 Å². The number of rotatable bonds is 5. The number of hydrogen-bond donors (Lipinski definition) is 2. The molecule has 148 valence electrons. The Hall–Kier alpha value is -1.27. The molecule has 3 atom stereocenters. The van der Waals surface area contributed by atoms with E-state index in [0.717, 1.165) is 19.0 Å². The molecule has 1 aromatic heterocycles. The van der Waals surface area contributed by atoms with Crippen LogP contribution >= 0.6 is 11.8 Å². The van der Waals surface area contributed by atoms with E-state index in [1.54, 1.807) is 4.90 Å². The van der Waals surface area contributed by atoms with Crippen LogP contribution < -0.4 is 15.8 Å². The second-order valence-corrected chi connectivity index (χ2v) is 9.60. The summed E-state index contributed by atoms with van der Waals surface area (Å²) in [7, 11) is 0. The highest BCUT2D eigenvalue weighted by Gasteiger charge is 2.38. The zero-order valence-electron chi connectivity index (χ0n) is 16.3. The number of nitrogens with one attached hydrogen (secondary N) is 2. The molecule has 27 heavy (non-hydrogen) atoms. The number of nitrogens with zero attached hydrogens (tertiary/aromatic N) is 1. The minimum Gasteiger partial charge on any atom is -0.334 e. The molecule has 4 rings (SSSR count). The van der Waals surface area contributed by atoms with E-state index < -0.39 is 0 Å². The molecule has 1 aliphatic carbocycles. The lowest BCUT2D eigenvalue weighted by atomic mass is 9.81. The predicted molar refractivity (Wildman–Crippen MR) is 111 cm³/mol. The third-order valence-corrected chi connectivity index (χ3v) is 7.20. The van der Waals surface area contributed by atoms with Gasteiger partial charge in [0.1, 0.15) is 5.69 Å². The van der Waals surface area contributed by atoms with Gasteiger partial charge in [-0.25, -0.2) is 0 Å². The van der Waals surface area contributed by atoms with Crippen molar-refractivity contribution >= 4 is 23.4 Å². The Balaban J connectivity index is 1.48. The zero-order chi connectivity index (χ0) is 18.8. The summed E-state index contributed by atoms with van der Waals surface area (Å²) < 4.78 is 1.95. The number of quaternary nitrogens is 1. The fourth-order valence-electron chi connectivity index (χ4n) is 5.55. The van der Waals surface area contributed by atoms with E-state index in [4.69, 9.17) is 0 Å². The number of carbonyl (C=O) groups is 1. The van der Waals surface area contributed by atoms with E-state index in [-0.39, 0.29) is 11.5 Å². The average Bonchev–Trinajstić information content (AvgIpc) is 2.65. The topological polar surface area (TPSA) is 55.5 Å². The summed E-state index contributed by atoms with van der Waals surface area (Å²) in [6, 6.07) is 3.91. The van der Waals surface area contributed by atoms with Gasteiger partial charge in [0.05, 0.1) is 25.4 Å². The standard InChI is InChI=1S/C21H31N3O2S/c1-27-14-20(25)22-18-7-8-19-17-9-16(12-24(19)21(18)26)11-23(13-17)10-15-5-3-2-4-6-15/h7-8,15-17H,2-6,9-14H2,1H3,(H,22,25)/p+1/t16-,17+/m0/s1. The number of likely N-dealkylation sites (tertiary alicyclic amines) is 1. The summed E-state index contributed by atoms with van der Waals surface area (Å²) in [4.78, 5) is 26.5. The number of aromatic nitrogens is 1. The molecule has 0 aromatic carbocycles. The van der Waals surface area contributed by atoms with Gasteiger partial charge in [0, 0.05) is 30.0 Å². The van der Waals surface area contributed by atoms with Gasteiger partial charge in [-0.1, -0.05) is 19.3 Å². The molecule has 1 unspecified atom stereocenters. The molecule has 3 aliphatic rings. The fourth-order valence-corrected chi connectivity index (χ4v) is 5.88. The summed E-state index contributed by atoms with van der Waals surface area (Å²) in [6.07, 6.45) is 10.2. The van der Waals surface area contributed by atoms with Crippen LogP contribution in [0.15, 0.2) is 16.9 Å². The van der Waals surface area contributed by atoms with Gasteiger partial charge >= 0.3 is 0 Å². The third-order valence-electron chi connectivity index (χ3n) is 6.65. The predicted octanol–water partition coefficient (Wildman–Crippen LogP) is 1.73. The largest absolute Gasteiger partial charge is 0.334 e. The monoisotopic (exact) mass is 390 g/mol. The van der Waals surface area contributed by atoms with Gasteiger partial charge in [-0.15, -0.1) is 0 Å². The van der Waals surface area contributed by atoms with Crippen LogP contribution in [0.4, 0.5) is 5.69 Å². The van der Waals surface area contributed by atoms with Crippen molar-refractivity contribution in [2.45, 2.75) is 51.0 Å². The van der Waals surface area contributed by atoms with Gasteiger partial charge in [-0.2, -0.15) is 11.8 Å². The Kier molecular flexibility index (Phi) is 5.93. The molecule has 1 amide bonds. The number of hydrogen-bond acceptors (Lipinski definition) is 3. The molecule has 2 fully saturated rings. The van der Waals surface area contributed by atoms with Gasteiger partial charge in [-0.3, -0.25) is 9.59 Å². The van der Waals surface area contributed by atoms with Crippen molar-refractivity contribution in [3.05, 3.63) is 28.2 Å². The van der Waals surface area contributed by atoms with Crippen LogP contribution in [0.2, 0.25) is 0 Å². The van der Waals surface area contributed by atoms with Crippen LogP contribution in [0.25, 0.3) is 0 Å². The molecular weight excluding hydrogens is 358 g/mol. The Morgan fingerprint density at radius 3 is 2.85 bits per heavy atom. The van der Waals surface area contributed by atoms with Crippen LogP contribution in [-0.2, 0) is 11.3 Å². The summed E-state index contributed by atoms with van der Waals surface area (Å²) in [5.74, 6) is 2.26. The maximum atomic E-state index is 12.9. The number of fused-ring (bicyclic) bond motifs is 4. The summed E-state index contributed by atoms with van der Waals surface area (Å²) >= 11 is 1.47. The van der Waals surface area contributed by atoms with Gasteiger partial charge in [0.15, 0.2) is 0 Å². The third kappa shape index (κ3) is 4.27. The molecule has 3 heterocycles. The van der Waals surface area contributed by atoms with Gasteiger partial charge in [0.25, 0.3) is 5.56 Å². The van der Waals surface area contributed by atoms with Crippen LogP contribution in [0.5, 0.6) is 0 Å². The summed E-state index contributed by atoms with van der Waals surface area (Å²) in [5.41, 5.74) is 1.59. The molecule has 2 bridgehead atoms. The van der Waals surface area contributed by atoms with Crippen LogP contribution in [0, 0.1) is 11.8 Å². The van der Waals surface area contributed by atoms with Gasteiger partial charge < -0.3 is 14.8 Å². The number of pyridine rings is 1. The van der Waals surface area contributed by atoms with E-state index in [9.17, 15) is 9.59 Å². The van der Waals surface area contributed by atoms with Crippen molar-refractivity contribution in [3.8, 4) is 0 Å². The molecule has 2 N–H and O–H groups in total. The lowest BCUT2D eigenvalue weighted by Gasteiger charge is -2.41. The highest BCUT2D eigenvalue weighted by Crippen LogP contribution is 2.31. The molecule has 1 saturated carbocycles. The maximum absolute atomic E-state index is 12.9. The van der Waals surface area contributed by atoms with Crippen molar-refractivity contribution in [3.63, 3.8) is 0 Å². The summed E-state index contributed by atoms with van der Waals surface area (Å²) in [5, 5.41) is 2.79. The molecule has 6 heteroatoms. The first kappa shape index (κ1) is 19.1. The van der Waals surface area contributed by atoms with Crippen molar-refractivity contribution in [2.24, 2.45) is 11.8 Å². The van der Waals surface area contributed by atoms with Crippen molar-refractivity contribution < 1.29 is 9.69 Å². The lowest BCUT2D eigenvalue weighted by Crippen LogP contribution is -3.15. The van der Waals surface area contributed by atoms with Gasteiger partial charge in [-0.05, 0) is 37.7 Å². The van der Waals surface area contributed by atoms with Crippen molar-refractivity contribution in [1.82, 2.24) is 4.57 Å². The van der Waals surface area contributed by atoms with Crippen LogP contribution in [-0.4, -0.2) is 42.1 Å². The quantitative estimate of drug-likeness (QED) is 0.805. The number of thioether (sulfide) groups is 1. The first-order valence-corrected chi connectivity index (χ1v) is 11.9. The minimum atomic E-state index is -0.0979. The van der Waals surface area contributed by atoms with Gasteiger partial charge in [0.2, 0.25) is 5.91 Å². The number of carbonyl (C=O) groups excluding carboxylic acids is 1. The SMILES string of the molecule is CSCC(=O)Nc1ccc2n(c1=O)C[C@H]1C[C@@H]2C[NH+](CC2CCCCC2)C1. The van der Waals surface area contributed by atoms with E-state index in [2.05, 4.69) is 11.4 Å². The molecule has 5 nitrogen and oxygen atoms in total. The highest BCUT2D eigenvalue weighted by atomic mass is 32.2. The highest BCUT2D eigenvalue weighted by molar-refractivity contribution is 7.99. The van der Waals surface area contributed by atoms with E-state index >= 15 is 0 Å². The van der Waals surface area contributed by atoms with Crippen molar-refractivity contribution in [1.29, 1.82) is 0 Å². The van der Waals surface area contributed by atoms with Crippen LogP contribution in [0.1, 0.15) is 50.1 Å². The molecule has 1 aromatic rings. The minimum absolute atomic E-state index is 0.0209. The molecule has 0 spiro atoms. The maximum Gasteiger partial charge on any atom is 0.274 e. The lowest BCUT2D eigenvalue weighted by molar-refractivity contribution is -0.914. The normalized spacial score (nSPS) is 27.8. The molecule has 0 radical (unpaired) electrons. The second-order valence-electron chi connectivity index (χ2n) is 8.73. The molecule has 2 aliphatic heterocycles. The van der Waals surface area contributed by atoms with Crippen LogP contribution in [0.3, 0.4) is 0 Å². The Morgan fingerprint density at radius 1 is 1.26 bits per heavy atom. The Bertz CT molecular complexity index is 741. The Morgan fingerprint density at radius 2 is 2.07 bits per heavy atom. The number of piperidine rings is 1. The van der Waals surface area contributed by atoms with E-state index in [0.29, 0.717) is 23.3 Å². The second kappa shape index (κ2) is 8.39. The first-order chi connectivity index (χ1) is 13.1. The Labute approximate surface area is 165 Å². The number of amides is 1. The smallest absolute Gasteiger partial charge is 0.274 e. The average molecular weight is 391 g/mol. The molecular formula is C21H32N3O2S+. The molecule has 1 saturated heterocycles. The van der Waals surface area contributed by atoms with Crippen molar-refractivity contribution in [2.75, 3.05) is 37.0 Å². The first-order valence-electron chi connectivity index (χ1n) is 10.5.